The maximum atomic E-state index is 12.7. The van der Waals surface area contributed by atoms with Gasteiger partial charge in [-0.05, 0) is 41.5 Å². The molecule has 1 aromatic rings. The number of rotatable bonds is 4. The maximum Gasteiger partial charge on any atom is 0.246 e. The molecular weight excluding hydrogens is 403 g/mol. The monoisotopic (exact) mass is 418 g/mol. The second-order valence-electron chi connectivity index (χ2n) is 4.56. The van der Waals surface area contributed by atoms with Gasteiger partial charge in [0.15, 0.2) is 5.75 Å². The zero-order valence-electron chi connectivity index (χ0n) is 11.6. The molecule has 1 heterocycles. The minimum atomic E-state index is -3.62. The fraction of sp³-hybridized carbons (Fsp3) is 0.500. The van der Waals surface area contributed by atoms with E-state index in [1.54, 1.807) is 6.07 Å². The number of nitrogens with zero attached hydrogens (tertiary/aromatic N) is 1. The summed E-state index contributed by atoms with van der Waals surface area (Å²) in [6.45, 7) is 0.938. The highest BCUT2D eigenvalue weighted by Gasteiger charge is 2.34. The van der Waals surface area contributed by atoms with Crippen molar-refractivity contribution in [2.75, 3.05) is 27.2 Å². The van der Waals surface area contributed by atoms with Crippen LogP contribution in [0.5, 0.6) is 5.75 Å². The molecule has 0 radical (unpaired) electrons. The molecule has 0 saturated carbocycles. The summed E-state index contributed by atoms with van der Waals surface area (Å²) in [6.07, 6.45) is 0.791. The Kier molecular flexibility index (Phi) is 6.77. The highest BCUT2D eigenvalue weighted by Crippen LogP contribution is 2.37. The summed E-state index contributed by atoms with van der Waals surface area (Å²) in [5.41, 5.74) is 0. The average molecular weight is 420 g/mol. The molecule has 9 heteroatoms. The minimum absolute atomic E-state index is 0. The molecule has 21 heavy (non-hydrogen) atoms. The highest BCUT2D eigenvalue weighted by atomic mass is 79.9. The van der Waals surface area contributed by atoms with Gasteiger partial charge in [-0.2, -0.15) is 4.31 Å². The van der Waals surface area contributed by atoms with Crippen LogP contribution in [-0.4, -0.2) is 46.0 Å². The Labute approximate surface area is 144 Å². The first-order chi connectivity index (χ1) is 9.40. The van der Waals surface area contributed by atoms with Crippen molar-refractivity contribution >= 4 is 50.0 Å². The van der Waals surface area contributed by atoms with Crippen molar-refractivity contribution in [1.82, 2.24) is 9.62 Å². The molecule has 120 valence electrons. The lowest BCUT2D eigenvalue weighted by molar-refractivity contribution is 0.395. The molecule has 1 atom stereocenters. The number of sulfonamides is 1. The summed E-state index contributed by atoms with van der Waals surface area (Å²) in [5, 5.41) is 3.44. The molecule has 1 aromatic carbocycles. The van der Waals surface area contributed by atoms with Crippen molar-refractivity contribution < 1.29 is 13.2 Å². The molecule has 1 aliphatic rings. The Morgan fingerprint density at radius 1 is 1.48 bits per heavy atom. The van der Waals surface area contributed by atoms with Crippen molar-refractivity contribution in [3.63, 3.8) is 0 Å². The Hall–Kier alpha value is -0.0500. The summed E-state index contributed by atoms with van der Waals surface area (Å²) in [5.74, 6) is 0.280. The van der Waals surface area contributed by atoms with E-state index in [4.69, 9.17) is 16.3 Å². The maximum absolute atomic E-state index is 12.7. The van der Waals surface area contributed by atoms with Crippen molar-refractivity contribution in [2.24, 2.45) is 0 Å². The van der Waals surface area contributed by atoms with Crippen LogP contribution in [-0.2, 0) is 10.0 Å². The van der Waals surface area contributed by atoms with E-state index in [9.17, 15) is 8.42 Å². The van der Waals surface area contributed by atoms with Gasteiger partial charge in [0.1, 0.15) is 4.90 Å². The van der Waals surface area contributed by atoms with Gasteiger partial charge in [-0.1, -0.05) is 11.6 Å². The van der Waals surface area contributed by atoms with E-state index in [1.807, 2.05) is 7.05 Å². The van der Waals surface area contributed by atoms with Crippen molar-refractivity contribution in [3.8, 4) is 5.75 Å². The van der Waals surface area contributed by atoms with E-state index in [-0.39, 0.29) is 29.1 Å². The van der Waals surface area contributed by atoms with Gasteiger partial charge in [-0.25, -0.2) is 8.42 Å². The predicted molar refractivity (Wildman–Crippen MR) is 89.2 cm³/mol. The number of benzene rings is 1. The van der Waals surface area contributed by atoms with E-state index < -0.39 is 10.0 Å². The minimum Gasteiger partial charge on any atom is -0.494 e. The lowest BCUT2D eigenvalue weighted by atomic mass is 10.3. The fourth-order valence-corrected chi connectivity index (χ4v) is 5.12. The summed E-state index contributed by atoms with van der Waals surface area (Å²) >= 11 is 9.25. The average Bonchev–Trinajstić information content (AvgIpc) is 2.87. The summed E-state index contributed by atoms with van der Waals surface area (Å²) < 4.78 is 32.6. The van der Waals surface area contributed by atoms with Crippen LogP contribution in [0.4, 0.5) is 0 Å². The van der Waals surface area contributed by atoms with E-state index in [0.29, 0.717) is 22.6 Å². The quantitative estimate of drug-likeness (QED) is 0.814. The van der Waals surface area contributed by atoms with Crippen molar-refractivity contribution in [2.45, 2.75) is 17.4 Å². The largest absolute Gasteiger partial charge is 0.494 e. The second kappa shape index (κ2) is 7.48. The number of ether oxygens (including phenoxy) is 1. The predicted octanol–water partition coefficient (Wildman–Crippen LogP) is 2.52. The number of hydrogen-bond donors (Lipinski definition) is 1. The number of hydrogen-bond acceptors (Lipinski definition) is 4. The van der Waals surface area contributed by atoms with Gasteiger partial charge in [-0.15, -0.1) is 12.4 Å². The molecule has 1 N–H and O–H groups in total. The topological polar surface area (TPSA) is 58.6 Å². The van der Waals surface area contributed by atoms with Gasteiger partial charge in [0.2, 0.25) is 10.0 Å². The Morgan fingerprint density at radius 3 is 2.67 bits per heavy atom. The number of methoxy groups -OCH3 is 1. The summed E-state index contributed by atoms with van der Waals surface area (Å²) in [7, 11) is -0.347. The molecule has 0 spiro atoms. The van der Waals surface area contributed by atoms with E-state index >= 15 is 0 Å². The van der Waals surface area contributed by atoms with Crippen LogP contribution in [0.15, 0.2) is 21.5 Å². The molecule has 2 rings (SSSR count). The van der Waals surface area contributed by atoms with Gasteiger partial charge in [0.25, 0.3) is 0 Å². The Balaban J connectivity index is 0.00000220. The lowest BCUT2D eigenvalue weighted by Gasteiger charge is -2.19. The molecule has 1 unspecified atom stereocenters. The molecule has 1 aliphatic heterocycles. The number of halogens is 3. The molecule has 5 nitrogen and oxygen atoms in total. The van der Waals surface area contributed by atoms with Crippen LogP contribution in [0.25, 0.3) is 0 Å². The van der Waals surface area contributed by atoms with Gasteiger partial charge in [0, 0.05) is 24.2 Å². The summed E-state index contributed by atoms with van der Waals surface area (Å²) in [6, 6.07) is 3.21. The Bertz CT molecular complexity index is 613. The van der Waals surface area contributed by atoms with Gasteiger partial charge in [0.05, 0.1) is 11.6 Å². The van der Waals surface area contributed by atoms with Crippen LogP contribution in [0.3, 0.4) is 0 Å². The smallest absolute Gasteiger partial charge is 0.246 e. The van der Waals surface area contributed by atoms with E-state index in [1.165, 1.54) is 17.5 Å². The molecule has 0 aliphatic carbocycles. The van der Waals surface area contributed by atoms with Crippen LogP contribution >= 0.6 is 39.9 Å². The van der Waals surface area contributed by atoms with Crippen LogP contribution in [0.2, 0.25) is 5.02 Å². The van der Waals surface area contributed by atoms with E-state index in [0.717, 1.165) is 6.42 Å². The summed E-state index contributed by atoms with van der Waals surface area (Å²) in [4.78, 5) is 0.0936. The zero-order valence-corrected chi connectivity index (χ0v) is 15.6. The van der Waals surface area contributed by atoms with Gasteiger partial charge < -0.3 is 10.1 Å². The molecule has 1 fully saturated rings. The normalized spacial score (nSPS) is 19.3. The molecular formula is C12H17BrCl2N2O3S. The second-order valence-corrected chi connectivity index (χ2v) is 7.75. The SMILES string of the molecule is CNC1CCN(S(=O)(=O)c2cc(Cl)cc(Br)c2OC)C1.Cl. The van der Waals surface area contributed by atoms with Crippen LogP contribution < -0.4 is 10.1 Å². The zero-order chi connectivity index (χ0) is 14.9. The third-order valence-corrected chi connectivity index (χ3v) is 6.03. The third-order valence-electron chi connectivity index (χ3n) is 3.36. The van der Waals surface area contributed by atoms with Crippen molar-refractivity contribution in [3.05, 3.63) is 21.6 Å². The van der Waals surface area contributed by atoms with Crippen LogP contribution in [0.1, 0.15) is 6.42 Å². The third kappa shape index (κ3) is 3.83. The standard InChI is InChI=1S/C12H16BrClN2O3S.ClH/c1-15-9-3-4-16(7-9)20(17,18)11-6-8(14)5-10(13)12(11)19-2;/h5-6,9,15H,3-4,7H2,1-2H3;1H. The van der Waals surface area contributed by atoms with Crippen LogP contribution in [0, 0.1) is 0 Å². The van der Waals surface area contributed by atoms with Crippen molar-refractivity contribution in [1.29, 1.82) is 0 Å². The Morgan fingerprint density at radius 2 is 2.14 bits per heavy atom. The molecule has 0 bridgehead atoms. The first kappa shape index (κ1) is 19.0. The fourth-order valence-electron chi connectivity index (χ4n) is 2.25. The molecule has 0 amide bonds. The first-order valence-corrected chi connectivity index (χ1v) is 8.71. The van der Waals surface area contributed by atoms with E-state index in [2.05, 4.69) is 21.2 Å². The highest BCUT2D eigenvalue weighted by molar-refractivity contribution is 9.10. The number of nitrogens with one attached hydrogen (secondary N) is 1. The molecule has 1 saturated heterocycles. The van der Waals surface area contributed by atoms with Gasteiger partial charge in [-0.3, -0.25) is 0 Å². The molecule has 0 aromatic heterocycles. The lowest BCUT2D eigenvalue weighted by Crippen LogP contribution is -2.33. The number of likely N-dealkylation sites (N-methyl/N-ethyl adjacent to an activating group) is 1. The van der Waals surface area contributed by atoms with Gasteiger partial charge >= 0.3 is 0 Å². The first-order valence-electron chi connectivity index (χ1n) is 6.10.